The molecule has 1 fully saturated rings. The van der Waals surface area contributed by atoms with Gasteiger partial charge < -0.3 is 10.1 Å². The molecule has 0 heterocycles. The van der Waals surface area contributed by atoms with Gasteiger partial charge in [0.1, 0.15) is 5.75 Å². The summed E-state index contributed by atoms with van der Waals surface area (Å²) < 4.78 is 28.2. The minimum atomic E-state index is -2.76. The summed E-state index contributed by atoms with van der Waals surface area (Å²) in [6.45, 7) is 0.197. The van der Waals surface area contributed by atoms with Crippen LogP contribution in [0.5, 0.6) is 5.75 Å². The van der Waals surface area contributed by atoms with E-state index in [0.717, 1.165) is 18.0 Å². The van der Waals surface area contributed by atoms with Crippen LogP contribution in [0.25, 0.3) is 0 Å². The zero-order chi connectivity index (χ0) is 13.0. The molecule has 0 aliphatic heterocycles. The number of alkyl halides is 2. The Morgan fingerprint density at radius 3 is 2.50 bits per heavy atom. The third-order valence-corrected chi connectivity index (χ3v) is 3.19. The van der Waals surface area contributed by atoms with Crippen molar-refractivity contribution in [1.29, 1.82) is 0 Å². The van der Waals surface area contributed by atoms with Gasteiger partial charge in [-0.15, -0.1) is 0 Å². The van der Waals surface area contributed by atoms with Gasteiger partial charge in [-0.1, -0.05) is 25.0 Å². The minimum Gasteiger partial charge on any atom is -0.435 e. The van der Waals surface area contributed by atoms with Crippen LogP contribution in [0.2, 0.25) is 0 Å². The summed E-state index contributed by atoms with van der Waals surface area (Å²) in [6, 6.07) is 7.29. The Morgan fingerprint density at radius 2 is 1.94 bits per heavy atom. The highest BCUT2D eigenvalue weighted by Crippen LogP contribution is 2.33. The first kappa shape index (κ1) is 13.3. The van der Waals surface area contributed by atoms with Gasteiger partial charge in [-0.25, -0.2) is 0 Å². The van der Waals surface area contributed by atoms with Crippen molar-refractivity contribution in [1.82, 2.24) is 5.32 Å². The average molecular weight is 255 g/mol. The second-order valence-corrected chi connectivity index (χ2v) is 4.98. The van der Waals surface area contributed by atoms with E-state index in [4.69, 9.17) is 0 Å². The predicted molar refractivity (Wildman–Crippen MR) is 66.7 cm³/mol. The molecule has 1 aromatic carbocycles. The summed E-state index contributed by atoms with van der Waals surface area (Å²) >= 11 is 0. The number of ether oxygens (including phenoxy) is 1. The molecule has 100 valence electrons. The van der Waals surface area contributed by atoms with Crippen molar-refractivity contribution in [3.8, 4) is 5.75 Å². The molecule has 1 aromatic rings. The molecule has 1 aliphatic rings. The molecular formula is C14H19F2NO. The molecule has 18 heavy (non-hydrogen) atoms. The van der Waals surface area contributed by atoms with Crippen molar-refractivity contribution in [2.45, 2.75) is 45.4 Å². The average Bonchev–Trinajstić information content (AvgIpc) is 3.11. The summed E-state index contributed by atoms with van der Waals surface area (Å²) in [4.78, 5) is 0. The van der Waals surface area contributed by atoms with Crippen LogP contribution in [0, 0.1) is 5.92 Å². The van der Waals surface area contributed by atoms with Crippen molar-refractivity contribution >= 4 is 0 Å². The second kappa shape index (κ2) is 6.14. The van der Waals surface area contributed by atoms with Gasteiger partial charge >= 0.3 is 6.61 Å². The van der Waals surface area contributed by atoms with Crippen LogP contribution < -0.4 is 10.1 Å². The molecule has 4 heteroatoms. The molecule has 2 rings (SSSR count). The van der Waals surface area contributed by atoms with Gasteiger partial charge in [-0.3, -0.25) is 0 Å². The molecule has 0 aromatic heterocycles. The van der Waals surface area contributed by atoms with E-state index >= 15 is 0 Å². The quantitative estimate of drug-likeness (QED) is 0.804. The number of nitrogens with one attached hydrogen (secondary N) is 1. The predicted octanol–water partition coefficient (Wildman–Crippen LogP) is 3.57. The summed E-state index contributed by atoms with van der Waals surface area (Å²) in [5.74, 6) is 1.12. The highest BCUT2D eigenvalue weighted by molar-refractivity contribution is 5.27. The smallest absolute Gasteiger partial charge is 0.387 e. The molecular weight excluding hydrogens is 236 g/mol. The Bertz CT molecular complexity index is 363. The fourth-order valence-electron chi connectivity index (χ4n) is 2.02. The van der Waals surface area contributed by atoms with E-state index in [9.17, 15) is 8.78 Å². The molecule has 1 saturated carbocycles. The van der Waals surface area contributed by atoms with Crippen LogP contribution in [0.4, 0.5) is 8.78 Å². The number of hydrogen-bond donors (Lipinski definition) is 1. The van der Waals surface area contributed by atoms with E-state index < -0.39 is 6.61 Å². The first-order valence-corrected chi connectivity index (χ1v) is 6.40. The van der Waals surface area contributed by atoms with Gasteiger partial charge in [0.05, 0.1) is 0 Å². The monoisotopic (exact) mass is 255 g/mol. The molecule has 0 bridgehead atoms. The van der Waals surface area contributed by atoms with E-state index in [1.54, 1.807) is 12.1 Å². The zero-order valence-corrected chi connectivity index (χ0v) is 10.5. The fraction of sp³-hybridized carbons (Fsp3) is 0.571. The molecule has 2 nitrogen and oxygen atoms in total. The van der Waals surface area contributed by atoms with Gasteiger partial charge in [-0.2, -0.15) is 8.78 Å². The third-order valence-electron chi connectivity index (χ3n) is 3.19. The zero-order valence-electron chi connectivity index (χ0n) is 10.5. The second-order valence-electron chi connectivity index (χ2n) is 4.98. The highest BCUT2D eigenvalue weighted by Gasteiger charge is 2.23. The number of benzene rings is 1. The van der Waals surface area contributed by atoms with E-state index in [0.29, 0.717) is 6.04 Å². The largest absolute Gasteiger partial charge is 0.435 e. The lowest BCUT2D eigenvalue weighted by Crippen LogP contribution is -2.25. The van der Waals surface area contributed by atoms with Crippen LogP contribution in [-0.2, 0) is 6.54 Å². The number of rotatable bonds is 7. The Morgan fingerprint density at radius 1 is 1.28 bits per heavy atom. The Labute approximate surface area is 106 Å². The summed E-state index contributed by atoms with van der Waals surface area (Å²) in [7, 11) is 0. The van der Waals surface area contributed by atoms with E-state index in [2.05, 4.69) is 17.0 Å². The van der Waals surface area contributed by atoms with Crippen LogP contribution in [0.1, 0.15) is 31.7 Å². The molecule has 1 atom stereocenters. The van der Waals surface area contributed by atoms with Crippen LogP contribution in [0.15, 0.2) is 24.3 Å². The normalized spacial score (nSPS) is 16.9. The molecule has 1 aliphatic carbocycles. The van der Waals surface area contributed by atoms with Crippen LogP contribution in [-0.4, -0.2) is 12.7 Å². The van der Waals surface area contributed by atoms with Gasteiger partial charge in [-0.05, 0) is 37.0 Å². The Balaban J connectivity index is 1.74. The van der Waals surface area contributed by atoms with E-state index in [1.807, 2.05) is 12.1 Å². The topological polar surface area (TPSA) is 21.3 Å². The van der Waals surface area contributed by atoms with Crippen molar-refractivity contribution in [3.63, 3.8) is 0 Å². The lowest BCUT2D eigenvalue weighted by Gasteiger charge is -2.13. The van der Waals surface area contributed by atoms with Crippen molar-refractivity contribution < 1.29 is 13.5 Å². The van der Waals surface area contributed by atoms with Crippen molar-refractivity contribution in [2.75, 3.05) is 0 Å². The molecule has 0 amide bonds. The summed E-state index contributed by atoms with van der Waals surface area (Å²) in [5, 5.41) is 3.44. The van der Waals surface area contributed by atoms with Crippen LogP contribution >= 0.6 is 0 Å². The molecule has 1 N–H and O–H groups in total. The summed E-state index contributed by atoms with van der Waals surface area (Å²) in [5.41, 5.74) is 1.08. The maximum Gasteiger partial charge on any atom is 0.387 e. The first-order valence-electron chi connectivity index (χ1n) is 6.40. The first-order chi connectivity index (χ1) is 8.63. The lowest BCUT2D eigenvalue weighted by molar-refractivity contribution is -0.0498. The van der Waals surface area contributed by atoms with Gasteiger partial charge in [0, 0.05) is 12.6 Å². The maximum absolute atomic E-state index is 12.0. The van der Waals surface area contributed by atoms with Gasteiger partial charge in [0.25, 0.3) is 0 Å². The molecule has 0 saturated heterocycles. The van der Waals surface area contributed by atoms with Gasteiger partial charge in [0.15, 0.2) is 0 Å². The summed E-state index contributed by atoms with van der Waals surface area (Å²) in [6.07, 6.45) is 3.96. The molecule has 0 radical (unpaired) electrons. The Hall–Kier alpha value is -1.16. The van der Waals surface area contributed by atoms with E-state index in [1.165, 1.54) is 19.3 Å². The lowest BCUT2D eigenvalue weighted by atomic mass is 10.1. The molecule has 1 unspecified atom stereocenters. The third kappa shape index (κ3) is 4.61. The molecule has 0 spiro atoms. The minimum absolute atomic E-state index is 0.208. The number of hydrogen-bond acceptors (Lipinski definition) is 2. The van der Waals surface area contributed by atoms with E-state index in [-0.39, 0.29) is 5.75 Å². The fourth-order valence-corrected chi connectivity index (χ4v) is 2.02. The standard InChI is InChI=1S/C14H19F2NO/c1-10(8-11-2-3-11)17-9-12-4-6-13(7-5-12)18-14(15)16/h4-7,10-11,14,17H,2-3,8-9H2,1H3. The maximum atomic E-state index is 12.0. The van der Waals surface area contributed by atoms with Crippen LogP contribution in [0.3, 0.4) is 0 Å². The Kier molecular flexibility index (Phi) is 4.53. The van der Waals surface area contributed by atoms with Crippen molar-refractivity contribution in [2.24, 2.45) is 5.92 Å². The van der Waals surface area contributed by atoms with Crippen molar-refractivity contribution in [3.05, 3.63) is 29.8 Å². The number of halogens is 2. The SMILES string of the molecule is CC(CC1CC1)NCc1ccc(OC(F)F)cc1. The van der Waals surface area contributed by atoms with Gasteiger partial charge in [0.2, 0.25) is 0 Å². The highest BCUT2D eigenvalue weighted by atomic mass is 19.3.